The first kappa shape index (κ1) is 26.0. The molecule has 1 aliphatic rings. The zero-order chi connectivity index (χ0) is 29.2. The average Bonchev–Trinajstić information content (AvgIpc) is 3.44. The number of aromatic amines is 1. The normalized spacial score (nSPS) is 12.1. The van der Waals surface area contributed by atoms with Gasteiger partial charge in [0.1, 0.15) is 5.69 Å². The van der Waals surface area contributed by atoms with E-state index in [0.717, 1.165) is 33.8 Å². The smallest absolute Gasteiger partial charge is 0.258 e. The van der Waals surface area contributed by atoms with Crippen molar-refractivity contribution in [1.29, 1.82) is 0 Å². The van der Waals surface area contributed by atoms with E-state index in [9.17, 15) is 9.59 Å². The van der Waals surface area contributed by atoms with E-state index < -0.39 is 0 Å². The summed E-state index contributed by atoms with van der Waals surface area (Å²) in [7, 11) is 0. The third kappa shape index (κ3) is 5.06. The van der Waals surface area contributed by atoms with Gasteiger partial charge in [0.25, 0.3) is 11.8 Å². The molecule has 0 saturated heterocycles. The molecule has 0 spiro atoms. The number of nitrogens with one attached hydrogen (secondary N) is 2. The minimum absolute atomic E-state index is 0.126. The lowest BCUT2D eigenvalue weighted by Gasteiger charge is -2.23. The molecular formula is C35H26N6O2. The van der Waals surface area contributed by atoms with E-state index in [1.165, 1.54) is 0 Å². The van der Waals surface area contributed by atoms with Gasteiger partial charge < -0.3 is 15.2 Å². The van der Waals surface area contributed by atoms with Crippen LogP contribution in [0.4, 0.5) is 11.4 Å². The van der Waals surface area contributed by atoms with Crippen molar-refractivity contribution in [3.8, 4) is 33.9 Å². The Balaban J connectivity index is 1.12. The summed E-state index contributed by atoms with van der Waals surface area (Å²) in [4.78, 5) is 45.6. The number of H-pyrrole nitrogens is 1. The molecule has 0 bridgehead atoms. The topological polar surface area (TPSA) is 104 Å². The number of benzene rings is 4. The molecule has 8 nitrogen and oxygen atoms in total. The number of amides is 2. The monoisotopic (exact) mass is 562 g/mol. The van der Waals surface area contributed by atoms with E-state index >= 15 is 0 Å². The van der Waals surface area contributed by atoms with Crippen LogP contribution in [0, 0.1) is 0 Å². The summed E-state index contributed by atoms with van der Waals surface area (Å²) in [6.07, 6.45) is 5.53. The number of fused-ring (bicyclic) bond motifs is 3. The zero-order valence-electron chi connectivity index (χ0n) is 23.1. The van der Waals surface area contributed by atoms with Crippen LogP contribution in [0.15, 0.2) is 122 Å². The number of nitrogens with zero attached hydrogens (tertiary/aromatic N) is 4. The van der Waals surface area contributed by atoms with Crippen molar-refractivity contribution in [2.45, 2.75) is 6.42 Å². The van der Waals surface area contributed by atoms with Crippen molar-refractivity contribution in [1.82, 2.24) is 19.9 Å². The highest BCUT2D eigenvalue weighted by molar-refractivity contribution is 6.10. The molecule has 0 atom stereocenters. The molecule has 0 fully saturated rings. The van der Waals surface area contributed by atoms with Gasteiger partial charge in [0.2, 0.25) is 0 Å². The summed E-state index contributed by atoms with van der Waals surface area (Å²) in [6.45, 7) is 0.472. The molecule has 0 aliphatic carbocycles. The number of para-hydroxylation sites is 1. The van der Waals surface area contributed by atoms with E-state index in [2.05, 4.69) is 20.3 Å². The molecule has 208 valence electrons. The van der Waals surface area contributed by atoms with Crippen LogP contribution in [0.2, 0.25) is 0 Å². The van der Waals surface area contributed by atoms with E-state index in [0.29, 0.717) is 41.3 Å². The first-order valence-electron chi connectivity index (χ1n) is 14.0. The Labute approximate surface area is 248 Å². The highest BCUT2D eigenvalue weighted by Crippen LogP contribution is 2.37. The number of hydrogen-bond donors (Lipinski definition) is 2. The van der Waals surface area contributed by atoms with Gasteiger partial charge in [-0.3, -0.25) is 14.6 Å². The van der Waals surface area contributed by atoms with Gasteiger partial charge in [0.05, 0.1) is 17.6 Å². The standard InChI is InChI=1S/C35H26N6O2/c42-34(27-11-5-4-10-26(27)23-8-2-1-3-9-23)38-25-16-14-24(15-17-25)35(43)41-21-18-29-32(28-12-6-7-13-31(28)41)40-33(39-29)30-22-36-19-20-37-30/h1-17,19-20,22H,18,21H2,(H,38,42)(H,39,40). The Morgan fingerprint density at radius 1 is 0.791 bits per heavy atom. The first-order valence-corrected chi connectivity index (χ1v) is 14.0. The fourth-order valence-electron chi connectivity index (χ4n) is 5.42. The van der Waals surface area contributed by atoms with Gasteiger partial charge in [-0.2, -0.15) is 0 Å². The Morgan fingerprint density at radius 2 is 1.53 bits per heavy atom. The predicted octanol–water partition coefficient (Wildman–Crippen LogP) is 6.66. The molecule has 7 rings (SSSR count). The van der Waals surface area contributed by atoms with Crippen molar-refractivity contribution in [2.75, 3.05) is 16.8 Å². The van der Waals surface area contributed by atoms with Crippen molar-refractivity contribution in [3.05, 3.63) is 139 Å². The van der Waals surface area contributed by atoms with Crippen molar-refractivity contribution < 1.29 is 9.59 Å². The maximum Gasteiger partial charge on any atom is 0.258 e. The predicted molar refractivity (Wildman–Crippen MR) is 167 cm³/mol. The Bertz CT molecular complexity index is 1940. The third-order valence-corrected chi connectivity index (χ3v) is 7.51. The summed E-state index contributed by atoms with van der Waals surface area (Å²) >= 11 is 0. The minimum atomic E-state index is -0.213. The van der Waals surface area contributed by atoms with Gasteiger partial charge in [0, 0.05) is 53.4 Å². The van der Waals surface area contributed by atoms with Crippen LogP contribution in [0.5, 0.6) is 0 Å². The largest absolute Gasteiger partial charge is 0.340 e. The molecule has 2 N–H and O–H groups in total. The Hall–Kier alpha value is -5.89. The minimum Gasteiger partial charge on any atom is -0.340 e. The Morgan fingerprint density at radius 3 is 2.33 bits per heavy atom. The molecule has 0 saturated carbocycles. The fourth-order valence-corrected chi connectivity index (χ4v) is 5.42. The van der Waals surface area contributed by atoms with Gasteiger partial charge >= 0.3 is 0 Å². The second-order valence-electron chi connectivity index (χ2n) is 10.2. The molecule has 1 aliphatic heterocycles. The van der Waals surface area contributed by atoms with E-state index in [1.807, 2.05) is 78.9 Å². The molecule has 2 amide bonds. The van der Waals surface area contributed by atoms with Gasteiger partial charge in [-0.25, -0.2) is 9.97 Å². The molecule has 3 heterocycles. The second-order valence-corrected chi connectivity index (χ2v) is 10.2. The molecule has 0 radical (unpaired) electrons. The van der Waals surface area contributed by atoms with E-state index in [4.69, 9.17) is 4.98 Å². The van der Waals surface area contributed by atoms with Crippen LogP contribution < -0.4 is 10.2 Å². The first-order chi connectivity index (χ1) is 21.2. The van der Waals surface area contributed by atoms with Crippen molar-refractivity contribution in [2.24, 2.45) is 0 Å². The summed E-state index contributed by atoms with van der Waals surface area (Å²) in [6, 6.07) is 32.1. The maximum atomic E-state index is 13.8. The van der Waals surface area contributed by atoms with Gasteiger partial charge in [-0.15, -0.1) is 0 Å². The number of carbonyl (C=O) groups excluding carboxylic acids is 2. The third-order valence-electron chi connectivity index (χ3n) is 7.51. The number of hydrogen-bond acceptors (Lipinski definition) is 5. The number of aromatic nitrogens is 4. The van der Waals surface area contributed by atoms with Crippen LogP contribution in [-0.2, 0) is 6.42 Å². The molecule has 2 aromatic heterocycles. The summed E-state index contributed by atoms with van der Waals surface area (Å²) in [5.74, 6) is 0.310. The van der Waals surface area contributed by atoms with Crippen molar-refractivity contribution >= 4 is 23.2 Å². The summed E-state index contributed by atoms with van der Waals surface area (Å²) in [5, 5.41) is 2.98. The number of carbonyl (C=O) groups is 2. The molecule has 8 heteroatoms. The molecular weight excluding hydrogens is 536 g/mol. The summed E-state index contributed by atoms with van der Waals surface area (Å²) < 4.78 is 0. The second kappa shape index (κ2) is 11.2. The van der Waals surface area contributed by atoms with Crippen LogP contribution in [0.25, 0.3) is 33.9 Å². The summed E-state index contributed by atoms with van der Waals surface area (Å²) in [5.41, 5.74) is 7.61. The van der Waals surface area contributed by atoms with Gasteiger partial charge in [-0.1, -0.05) is 66.7 Å². The number of rotatable bonds is 5. The number of imidazole rings is 1. The van der Waals surface area contributed by atoms with Gasteiger partial charge in [0.15, 0.2) is 5.82 Å². The molecule has 6 aromatic rings. The van der Waals surface area contributed by atoms with Crippen LogP contribution in [0.3, 0.4) is 0 Å². The highest BCUT2D eigenvalue weighted by atomic mass is 16.2. The van der Waals surface area contributed by atoms with Crippen LogP contribution >= 0.6 is 0 Å². The SMILES string of the molecule is O=C(Nc1ccc(C(=O)N2CCc3[nH]c(-c4cnccn4)nc3-c3ccccc32)cc1)c1ccccc1-c1ccccc1. The quantitative estimate of drug-likeness (QED) is 0.245. The van der Waals surface area contributed by atoms with Crippen LogP contribution in [0.1, 0.15) is 26.4 Å². The molecule has 43 heavy (non-hydrogen) atoms. The van der Waals surface area contributed by atoms with E-state index in [-0.39, 0.29) is 11.8 Å². The lowest BCUT2D eigenvalue weighted by Crippen LogP contribution is -2.32. The molecule has 4 aromatic carbocycles. The highest BCUT2D eigenvalue weighted by Gasteiger charge is 2.27. The van der Waals surface area contributed by atoms with Crippen molar-refractivity contribution in [3.63, 3.8) is 0 Å². The van der Waals surface area contributed by atoms with Gasteiger partial charge in [-0.05, 0) is 47.5 Å². The fraction of sp³-hybridized carbons (Fsp3) is 0.0571. The maximum absolute atomic E-state index is 13.8. The zero-order valence-corrected chi connectivity index (χ0v) is 23.1. The molecule has 0 unspecified atom stereocenters. The average molecular weight is 563 g/mol. The van der Waals surface area contributed by atoms with Crippen LogP contribution in [-0.4, -0.2) is 38.3 Å². The van der Waals surface area contributed by atoms with E-state index in [1.54, 1.807) is 47.8 Å². The number of anilines is 2. The lowest BCUT2D eigenvalue weighted by molar-refractivity contribution is 0.0986. The lowest BCUT2D eigenvalue weighted by atomic mass is 9.99. The Kier molecular flexibility index (Phi) is 6.77.